The van der Waals surface area contributed by atoms with Gasteiger partial charge in [0.15, 0.2) is 0 Å². The number of carboxylic acids is 1. The molecule has 0 spiro atoms. The minimum Gasteiger partial charge on any atom is -0.480 e. The topological polar surface area (TPSA) is 209 Å². The van der Waals surface area contributed by atoms with E-state index in [1.165, 1.54) is 0 Å². The number of carboxylic acid groups (broad SMARTS) is 1. The van der Waals surface area contributed by atoms with Gasteiger partial charge in [-0.05, 0) is 19.3 Å². The molecule has 0 rings (SSSR count). The second-order valence-electron chi connectivity index (χ2n) is 4.00. The van der Waals surface area contributed by atoms with Gasteiger partial charge in [0, 0.05) is 0 Å². The highest BCUT2D eigenvalue weighted by molar-refractivity contribution is 5.72. The smallest absolute Gasteiger partial charge is 0.320 e. The Morgan fingerprint density at radius 2 is 1.46 bits per heavy atom. The second kappa shape index (κ2) is 20.8. The molecule has 0 amide bonds. The number of aliphatic hydroxyl groups is 2. The summed E-state index contributed by atoms with van der Waals surface area (Å²) < 4.78 is 0. The van der Waals surface area contributed by atoms with Crippen LogP contribution in [0.25, 0.3) is 0 Å². The largest absolute Gasteiger partial charge is 0.480 e. The van der Waals surface area contributed by atoms with Crippen LogP contribution in [0, 0.1) is 20.2 Å². The second-order valence-corrected chi connectivity index (χ2v) is 4.00. The predicted octanol–water partition coefficient (Wildman–Crippen LogP) is -0.647. The quantitative estimate of drug-likeness (QED) is 0.207. The number of carbonyl (C=O) groups is 1. The molecule has 1 atom stereocenters. The van der Waals surface area contributed by atoms with Gasteiger partial charge in [-0.2, -0.15) is 0 Å². The normalized spacial score (nSPS) is 10.2. The van der Waals surface area contributed by atoms with Crippen LogP contribution in [0.15, 0.2) is 0 Å². The molecule has 0 aromatic rings. The molecule has 0 radical (unpaired) electrons. The van der Waals surface area contributed by atoms with Crippen molar-refractivity contribution in [1.29, 1.82) is 0 Å². The van der Waals surface area contributed by atoms with Crippen molar-refractivity contribution in [1.82, 2.24) is 0 Å². The first-order valence-corrected chi connectivity index (χ1v) is 6.97. The van der Waals surface area contributed by atoms with Crippen LogP contribution in [-0.4, -0.2) is 63.9 Å². The van der Waals surface area contributed by atoms with E-state index in [9.17, 15) is 25.0 Å². The summed E-state index contributed by atoms with van der Waals surface area (Å²) in [6, 6.07) is -0.667. The molecule has 0 aliphatic heterocycles. The van der Waals surface area contributed by atoms with Gasteiger partial charge in [-0.1, -0.05) is 13.3 Å². The fraction of sp³-hybridized carbons (Fsp3) is 0.909. The van der Waals surface area contributed by atoms with Gasteiger partial charge in [-0.15, -0.1) is 20.2 Å². The Labute approximate surface area is 138 Å². The van der Waals surface area contributed by atoms with Crippen LogP contribution in [0.3, 0.4) is 0 Å². The number of nitrogens with zero attached hydrogens (tertiary/aromatic N) is 2. The van der Waals surface area contributed by atoms with Gasteiger partial charge in [0.05, 0.1) is 26.4 Å². The van der Waals surface area contributed by atoms with E-state index >= 15 is 0 Å². The molecule has 0 aromatic carbocycles. The predicted molar refractivity (Wildman–Crippen MR) is 79.8 cm³/mol. The number of hydrogen-bond donors (Lipinski definition) is 4. The Bertz CT molecular complexity index is 309. The van der Waals surface area contributed by atoms with Crippen molar-refractivity contribution in [3.8, 4) is 0 Å². The van der Waals surface area contributed by atoms with Gasteiger partial charge in [0.1, 0.15) is 6.04 Å². The summed E-state index contributed by atoms with van der Waals surface area (Å²) in [4.78, 5) is 37.0. The molecule has 0 saturated carbocycles. The maximum atomic E-state index is 9.96. The Morgan fingerprint density at radius 1 is 1.08 bits per heavy atom. The van der Waals surface area contributed by atoms with Gasteiger partial charge in [0.25, 0.3) is 10.2 Å². The third kappa shape index (κ3) is 31.9. The van der Waals surface area contributed by atoms with Crippen LogP contribution in [-0.2, 0) is 14.5 Å². The van der Waals surface area contributed by atoms with E-state index in [2.05, 4.69) is 9.68 Å². The number of nitrogens with two attached hydrogens (primary N) is 1. The minimum absolute atomic E-state index is 0.0614. The third-order valence-corrected chi connectivity index (χ3v) is 1.95. The van der Waals surface area contributed by atoms with Crippen LogP contribution < -0.4 is 5.73 Å². The van der Waals surface area contributed by atoms with Crippen LogP contribution in [0.4, 0.5) is 0 Å². The summed E-state index contributed by atoms with van der Waals surface area (Å²) in [5.74, 6) is -0.910. The van der Waals surface area contributed by atoms with E-state index in [-0.39, 0.29) is 26.4 Å². The summed E-state index contributed by atoms with van der Waals surface area (Å²) in [5.41, 5.74) is 5.13. The van der Waals surface area contributed by atoms with Crippen molar-refractivity contribution in [3.05, 3.63) is 20.2 Å². The monoisotopic (exact) mass is 359 g/mol. The fourth-order valence-corrected chi connectivity index (χ4v) is 0.917. The molecule has 0 saturated heterocycles. The molecule has 1 unspecified atom stereocenters. The van der Waals surface area contributed by atoms with Crippen molar-refractivity contribution >= 4 is 5.97 Å². The van der Waals surface area contributed by atoms with E-state index in [1.54, 1.807) is 0 Å². The Hall–Kier alpha value is -2.25. The SMILES string of the molecule is CCCC(N)C(=O)O.O=[N+]([O-])OCCCCO[N+](=O)[O-].OCCO. The number of hydrogen-bond acceptors (Lipinski definition) is 10. The number of unbranched alkanes of at least 4 members (excludes halogenated alkanes) is 1. The third-order valence-electron chi connectivity index (χ3n) is 1.95. The standard InChI is InChI=1S/C5H11NO2.C4H8N2O6.C2H6O2/c1-2-3-4(6)5(7)8;7-5(8)11-3-1-2-4-12-6(9)10;3-1-2-4/h4H,2-3,6H2,1H3,(H,7,8);1-4H2;3-4H,1-2H2. The van der Waals surface area contributed by atoms with Gasteiger partial charge < -0.3 is 30.7 Å². The van der Waals surface area contributed by atoms with E-state index in [0.29, 0.717) is 19.3 Å². The highest BCUT2D eigenvalue weighted by Crippen LogP contribution is 1.91. The Kier molecular flexibility index (Phi) is 23.0. The highest BCUT2D eigenvalue weighted by Gasteiger charge is 2.07. The average molecular weight is 359 g/mol. The average Bonchev–Trinajstić information content (AvgIpc) is 2.51. The summed E-state index contributed by atoms with van der Waals surface area (Å²) >= 11 is 0. The highest BCUT2D eigenvalue weighted by atomic mass is 17.0. The lowest BCUT2D eigenvalue weighted by Gasteiger charge is -2.00. The van der Waals surface area contributed by atoms with E-state index in [4.69, 9.17) is 21.1 Å². The number of aliphatic hydroxyl groups excluding tert-OH is 2. The zero-order valence-corrected chi connectivity index (χ0v) is 13.4. The summed E-state index contributed by atoms with van der Waals surface area (Å²) in [6.45, 7) is 1.53. The van der Waals surface area contributed by atoms with Crippen LogP contribution in [0.1, 0.15) is 32.6 Å². The maximum Gasteiger partial charge on any atom is 0.320 e. The van der Waals surface area contributed by atoms with Crippen molar-refractivity contribution in [2.24, 2.45) is 5.73 Å². The molecule has 144 valence electrons. The molecular formula is C11H25N3O10. The van der Waals surface area contributed by atoms with Crippen LogP contribution in [0.2, 0.25) is 0 Å². The van der Waals surface area contributed by atoms with E-state index < -0.39 is 22.2 Å². The summed E-state index contributed by atoms with van der Waals surface area (Å²) in [7, 11) is 0. The van der Waals surface area contributed by atoms with Crippen molar-refractivity contribution in [3.63, 3.8) is 0 Å². The van der Waals surface area contributed by atoms with Crippen molar-refractivity contribution < 1.29 is 40.0 Å². The molecule has 0 heterocycles. The van der Waals surface area contributed by atoms with Gasteiger partial charge >= 0.3 is 5.97 Å². The lowest BCUT2D eigenvalue weighted by Crippen LogP contribution is -2.29. The van der Waals surface area contributed by atoms with Crippen molar-refractivity contribution in [2.45, 2.75) is 38.6 Å². The zero-order valence-electron chi connectivity index (χ0n) is 13.4. The summed E-state index contributed by atoms with van der Waals surface area (Å²) in [5, 5.41) is 40.8. The van der Waals surface area contributed by atoms with E-state index in [0.717, 1.165) is 6.42 Å². The fourth-order valence-electron chi connectivity index (χ4n) is 0.917. The van der Waals surface area contributed by atoms with Gasteiger partial charge in [-0.25, -0.2) is 0 Å². The van der Waals surface area contributed by atoms with Gasteiger partial charge in [0.2, 0.25) is 0 Å². The molecule has 5 N–H and O–H groups in total. The zero-order chi connectivity index (χ0) is 19.4. The van der Waals surface area contributed by atoms with Crippen LogP contribution in [0.5, 0.6) is 0 Å². The van der Waals surface area contributed by atoms with Gasteiger partial charge in [-0.3, -0.25) is 4.79 Å². The number of rotatable bonds is 11. The lowest BCUT2D eigenvalue weighted by atomic mass is 10.2. The molecule has 0 bridgehead atoms. The van der Waals surface area contributed by atoms with Crippen molar-refractivity contribution in [2.75, 3.05) is 26.4 Å². The minimum atomic E-state index is -0.910. The molecular weight excluding hydrogens is 334 g/mol. The van der Waals surface area contributed by atoms with Crippen LogP contribution >= 0.6 is 0 Å². The lowest BCUT2D eigenvalue weighted by molar-refractivity contribution is -0.760. The molecule has 24 heavy (non-hydrogen) atoms. The van der Waals surface area contributed by atoms with E-state index in [1.807, 2.05) is 6.92 Å². The first-order chi connectivity index (χ1) is 11.2. The first kappa shape index (κ1) is 26.6. The molecule has 13 nitrogen and oxygen atoms in total. The Balaban J connectivity index is -0.000000316. The summed E-state index contributed by atoms with van der Waals surface area (Å²) in [6.07, 6.45) is 2.10. The molecule has 0 aliphatic rings. The first-order valence-electron chi connectivity index (χ1n) is 6.97. The molecule has 0 aliphatic carbocycles. The molecule has 0 fully saturated rings. The molecule has 13 heteroatoms. The number of aliphatic carboxylic acids is 1. The Morgan fingerprint density at radius 3 is 1.62 bits per heavy atom. The maximum absolute atomic E-state index is 9.96. The molecule has 0 aromatic heterocycles.